The van der Waals surface area contributed by atoms with Gasteiger partial charge in [0.15, 0.2) is 0 Å². The van der Waals surface area contributed by atoms with Gasteiger partial charge in [-0.15, -0.1) is 11.8 Å². The fraction of sp³-hybridized carbons (Fsp3) is 0.278. The molecule has 0 radical (unpaired) electrons. The van der Waals surface area contributed by atoms with E-state index in [0.717, 1.165) is 22.4 Å². The lowest BCUT2D eigenvalue weighted by Crippen LogP contribution is -2.09. The van der Waals surface area contributed by atoms with Crippen molar-refractivity contribution in [2.45, 2.75) is 24.0 Å². The molecule has 2 rings (SSSR count). The van der Waals surface area contributed by atoms with Gasteiger partial charge < -0.3 is 9.47 Å². The zero-order chi connectivity index (χ0) is 15.9. The summed E-state index contributed by atoms with van der Waals surface area (Å²) in [6, 6.07) is 14.1. The fourth-order valence-electron chi connectivity index (χ4n) is 2.30. The molecule has 0 aromatic heterocycles. The molecule has 2 aromatic carbocycles. The minimum Gasteiger partial charge on any atom is -0.496 e. The summed E-state index contributed by atoms with van der Waals surface area (Å²) < 4.78 is 10.4. The maximum Gasteiger partial charge on any atom is 0.341 e. The first kappa shape index (κ1) is 16.4. The number of aryl methyl sites for hydroxylation is 1. The highest BCUT2D eigenvalue weighted by Crippen LogP contribution is 2.32. The molecule has 0 saturated carbocycles. The summed E-state index contributed by atoms with van der Waals surface area (Å²) in [5.41, 5.74) is 2.47. The summed E-state index contributed by atoms with van der Waals surface area (Å²) in [4.78, 5) is 13.3. The first-order chi connectivity index (χ1) is 10.7. The molecule has 3 nitrogen and oxygen atoms in total. The van der Waals surface area contributed by atoms with Crippen LogP contribution in [0, 0.1) is 0 Å². The molecule has 116 valence electrons. The van der Waals surface area contributed by atoms with Gasteiger partial charge in [-0.05, 0) is 29.7 Å². The monoisotopic (exact) mass is 316 g/mol. The lowest BCUT2D eigenvalue weighted by Gasteiger charge is -2.15. The summed E-state index contributed by atoms with van der Waals surface area (Å²) in [7, 11) is 2.99. The third-order valence-electron chi connectivity index (χ3n) is 3.44. The van der Waals surface area contributed by atoms with Gasteiger partial charge in [0.1, 0.15) is 11.3 Å². The molecule has 0 saturated heterocycles. The molecule has 0 unspecified atom stereocenters. The van der Waals surface area contributed by atoms with Crippen LogP contribution in [0.5, 0.6) is 5.75 Å². The Labute approximate surface area is 135 Å². The number of ether oxygens (including phenoxy) is 2. The van der Waals surface area contributed by atoms with Crippen molar-refractivity contribution in [2.75, 3.05) is 14.2 Å². The van der Waals surface area contributed by atoms with E-state index < -0.39 is 0 Å². The Kier molecular flexibility index (Phi) is 5.90. The van der Waals surface area contributed by atoms with E-state index in [0.29, 0.717) is 17.1 Å². The number of methoxy groups -OCH3 is 2. The summed E-state index contributed by atoms with van der Waals surface area (Å²) >= 11 is 1.68. The molecule has 0 fully saturated rings. The average molecular weight is 316 g/mol. The second kappa shape index (κ2) is 7.90. The van der Waals surface area contributed by atoms with Gasteiger partial charge in [0.2, 0.25) is 0 Å². The van der Waals surface area contributed by atoms with Gasteiger partial charge in [0.05, 0.1) is 14.2 Å². The van der Waals surface area contributed by atoms with Gasteiger partial charge in [-0.3, -0.25) is 0 Å². The number of hydrogen-bond acceptors (Lipinski definition) is 4. The molecule has 0 aliphatic carbocycles. The van der Waals surface area contributed by atoms with Gasteiger partial charge in [-0.25, -0.2) is 4.79 Å². The van der Waals surface area contributed by atoms with E-state index in [-0.39, 0.29) is 5.97 Å². The molecule has 0 amide bonds. The zero-order valence-electron chi connectivity index (χ0n) is 13.1. The molecule has 22 heavy (non-hydrogen) atoms. The molecule has 0 N–H and O–H groups in total. The number of hydrogen-bond donors (Lipinski definition) is 0. The number of carbonyl (C=O) groups is 1. The van der Waals surface area contributed by atoms with Crippen LogP contribution in [-0.2, 0) is 16.9 Å². The first-order valence-corrected chi connectivity index (χ1v) is 8.14. The van der Waals surface area contributed by atoms with Crippen LogP contribution >= 0.6 is 11.8 Å². The van der Waals surface area contributed by atoms with Crippen LogP contribution in [-0.4, -0.2) is 20.2 Å². The second-order valence-corrected chi connectivity index (χ2v) is 5.79. The molecule has 0 aliphatic heterocycles. The van der Waals surface area contributed by atoms with Crippen LogP contribution in [0.25, 0.3) is 0 Å². The Morgan fingerprint density at radius 2 is 1.73 bits per heavy atom. The molecule has 0 heterocycles. The van der Waals surface area contributed by atoms with Gasteiger partial charge in [-0.1, -0.05) is 37.3 Å². The molecule has 0 atom stereocenters. The van der Waals surface area contributed by atoms with E-state index in [9.17, 15) is 4.79 Å². The van der Waals surface area contributed by atoms with E-state index in [1.165, 1.54) is 7.11 Å². The predicted octanol–water partition coefficient (Wildman–Crippen LogP) is 4.34. The Bertz CT molecular complexity index is 638. The minimum atomic E-state index is -0.351. The van der Waals surface area contributed by atoms with E-state index >= 15 is 0 Å². The lowest BCUT2D eigenvalue weighted by molar-refractivity contribution is 0.0596. The molecule has 0 aliphatic rings. The number of carbonyl (C=O) groups excluding carboxylic acids is 1. The van der Waals surface area contributed by atoms with Crippen LogP contribution in [0.4, 0.5) is 0 Å². The predicted molar refractivity (Wildman–Crippen MR) is 89.7 cm³/mol. The molecule has 4 heteroatoms. The molecule has 2 aromatic rings. The Balaban J connectivity index is 2.35. The van der Waals surface area contributed by atoms with E-state index in [1.54, 1.807) is 18.9 Å². The average Bonchev–Trinajstić information content (AvgIpc) is 2.59. The van der Waals surface area contributed by atoms with Crippen molar-refractivity contribution in [3.8, 4) is 5.75 Å². The summed E-state index contributed by atoms with van der Waals surface area (Å²) in [5, 5.41) is 0. The standard InChI is InChI=1S/C18H20O3S/c1-4-13-10-11-14(12-22-15-8-6-5-7-9-15)16(17(13)20-2)18(19)21-3/h5-11H,4,12H2,1-3H3. The fourth-order valence-corrected chi connectivity index (χ4v) is 3.21. The van der Waals surface area contributed by atoms with Gasteiger partial charge in [-0.2, -0.15) is 0 Å². The highest BCUT2D eigenvalue weighted by atomic mass is 32.2. The topological polar surface area (TPSA) is 35.5 Å². The van der Waals surface area contributed by atoms with Gasteiger partial charge in [0, 0.05) is 10.6 Å². The Morgan fingerprint density at radius 1 is 1.05 bits per heavy atom. The third kappa shape index (κ3) is 3.63. The van der Waals surface area contributed by atoms with E-state index in [4.69, 9.17) is 9.47 Å². The van der Waals surface area contributed by atoms with Crippen LogP contribution in [0.2, 0.25) is 0 Å². The van der Waals surface area contributed by atoms with E-state index in [2.05, 4.69) is 12.1 Å². The summed E-state index contributed by atoms with van der Waals surface area (Å²) in [6.07, 6.45) is 0.805. The zero-order valence-corrected chi connectivity index (χ0v) is 13.9. The van der Waals surface area contributed by atoms with Crippen molar-refractivity contribution in [2.24, 2.45) is 0 Å². The third-order valence-corrected chi connectivity index (χ3v) is 4.50. The van der Waals surface area contributed by atoms with Crippen LogP contribution in [0.1, 0.15) is 28.4 Å². The molecule has 0 spiro atoms. The maximum absolute atomic E-state index is 12.2. The van der Waals surface area contributed by atoms with Crippen molar-refractivity contribution in [1.82, 2.24) is 0 Å². The van der Waals surface area contributed by atoms with Crippen molar-refractivity contribution in [3.05, 3.63) is 59.2 Å². The van der Waals surface area contributed by atoms with Crippen LogP contribution in [0.15, 0.2) is 47.4 Å². The lowest BCUT2D eigenvalue weighted by atomic mass is 10.0. The highest BCUT2D eigenvalue weighted by molar-refractivity contribution is 7.98. The number of benzene rings is 2. The van der Waals surface area contributed by atoms with Crippen molar-refractivity contribution < 1.29 is 14.3 Å². The molecule has 0 bridgehead atoms. The summed E-state index contributed by atoms with van der Waals surface area (Å²) in [5.74, 6) is 0.964. The first-order valence-electron chi connectivity index (χ1n) is 7.16. The molecular formula is C18H20O3S. The quantitative estimate of drug-likeness (QED) is 0.587. The smallest absolute Gasteiger partial charge is 0.341 e. The molecular weight excluding hydrogens is 296 g/mol. The van der Waals surface area contributed by atoms with Crippen molar-refractivity contribution in [1.29, 1.82) is 0 Å². The van der Waals surface area contributed by atoms with Crippen LogP contribution < -0.4 is 4.74 Å². The van der Waals surface area contributed by atoms with Crippen LogP contribution in [0.3, 0.4) is 0 Å². The number of rotatable bonds is 6. The van der Waals surface area contributed by atoms with Gasteiger partial charge in [0.25, 0.3) is 0 Å². The number of esters is 1. The van der Waals surface area contributed by atoms with Crippen molar-refractivity contribution in [3.63, 3.8) is 0 Å². The van der Waals surface area contributed by atoms with Gasteiger partial charge >= 0.3 is 5.97 Å². The van der Waals surface area contributed by atoms with E-state index in [1.807, 2.05) is 37.3 Å². The second-order valence-electron chi connectivity index (χ2n) is 4.74. The highest BCUT2D eigenvalue weighted by Gasteiger charge is 2.20. The maximum atomic E-state index is 12.2. The Morgan fingerprint density at radius 3 is 2.32 bits per heavy atom. The van der Waals surface area contributed by atoms with Crippen molar-refractivity contribution >= 4 is 17.7 Å². The minimum absolute atomic E-state index is 0.351. The normalized spacial score (nSPS) is 10.3. The Hall–Kier alpha value is -1.94. The summed E-state index contributed by atoms with van der Waals surface area (Å²) in [6.45, 7) is 2.04. The number of thioether (sulfide) groups is 1. The largest absolute Gasteiger partial charge is 0.496 e. The SMILES string of the molecule is CCc1ccc(CSc2ccccc2)c(C(=O)OC)c1OC.